The minimum atomic E-state index is -0.526. The van der Waals surface area contributed by atoms with Crippen molar-refractivity contribution in [3.05, 3.63) is 0 Å². The Morgan fingerprint density at radius 1 is 1.12 bits per heavy atom. The molecule has 3 fully saturated rings. The van der Waals surface area contributed by atoms with Crippen molar-refractivity contribution < 1.29 is 4.79 Å². The number of carbonyl (C=O) groups is 1. The van der Waals surface area contributed by atoms with E-state index in [0.717, 1.165) is 25.2 Å². The van der Waals surface area contributed by atoms with Gasteiger partial charge in [0.2, 0.25) is 0 Å². The Hall–Kier alpha value is -1.10. The van der Waals surface area contributed by atoms with E-state index in [1.54, 1.807) is 7.05 Å². The molecule has 3 atom stereocenters. The molecule has 0 radical (unpaired) electrons. The van der Waals surface area contributed by atoms with Crippen LogP contribution in [-0.4, -0.2) is 54.4 Å². The topological polar surface area (TPSA) is 59.4 Å². The van der Waals surface area contributed by atoms with Gasteiger partial charge in [-0.15, -0.1) is 0 Å². The zero-order valence-electron chi connectivity index (χ0n) is 17.0. The van der Waals surface area contributed by atoms with Gasteiger partial charge in [0.25, 0.3) is 5.91 Å². The summed E-state index contributed by atoms with van der Waals surface area (Å²) in [4.78, 5) is 17.0. The van der Waals surface area contributed by atoms with E-state index in [1.165, 1.54) is 62.7 Å². The van der Waals surface area contributed by atoms with Gasteiger partial charge in [0.15, 0.2) is 5.96 Å². The predicted molar refractivity (Wildman–Crippen MR) is 106 cm³/mol. The van der Waals surface area contributed by atoms with Crippen LogP contribution < -0.4 is 5.32 Å². The molecule has 1 amide bonds. The predicted octanol–water partition coefficient (Wildman–Crippen LogP) is 3.59. The molecule has 3 aliphatic rings. The van der Waals surface area contributed by atoms with Crippen molar-refractivity contribution in [3.63, 3.8) is 0 Å². The molecule has 2 N–H and O–H groups in total. The summed E-state index contributed by atoms with van der Waals surface area (Å²) in [6.45, 7) is 0. The monoisotopic (exact) mass is 362 g/mol. The molecule has 1 saturated heterocycles. The maximum atomic E-state index is 13.1. The minimum absolute atomic E-state index is 0.130. The van der Waals surface area contributed by atoms with E-state index in [2.05, 4.69) is 24.3 Å². The summed E-state index contributed by atoms with van der Waals surface area (Å²) in [7, 11) is 6.10. The van der Waals surface area contributed by atoms with E-state index in [4.69, 9.17) is 5.41 Å². The second-order valence-corrected chi connectivity index (χ2v) is 9.32. The molecule has 148 valence electrons. The van der Waals surface area contributed by atoms with Gasteiger partial charge in [-0.05, 0) is 58.0 Å². The zero-order valence-corrected chi connectivity index (χ0v) is 17.0. The van der Waals surface area contributed by atoms with Crippen molar-refractivity contribution in [3.8, 4) is 0 Å². The maximum absolute atomic E-state index is 13.1. The average molecular weight is 363 g/mol. The van der Waals surface area contributed by atoms with Crippen LogP contribution in [0.4, 0.5) is 0 Å². The summed E-state index contributed by atoms with van der Waals surface area (Å²) >= 11 is 0. The normalized spacial score (nSPS) is 33.8. The summed E-state index contributed by atoms with van der Waals surface area (Å²) in [5.41, 5.74) is -0.526. The molecule has 1 aliphatic heterocycles. The van der Waals surface area contributed by atoms with E-state index in [1.807, 2.05) is 0 Å². The molecule has 0 spiro atoms. The largest absolute Gasteiger partial charge is 0.342 e. The molecule has 0 aromatic carbocycles. The first kappa shape index (κ1) is 19.7. The highest BCUT2D eigenvalue weighted by atomic mass is 16.2. The van der Waals surface area contributed by atoms with Crippen molar-refractivity contribution in [2.75, 3.05) is 21.1 Å². The smallest absolute Gasteiger partial charge is 0.254 e. The lowest BCUT2D eigenvalue weighted by Crippen LogP contribution is -2.49. The van der Waals surface area contributed by atoms with Crippen molar-refractivity contribution >= 4 is 11.9 Å². The van der Waals surface area contributed by atoms with Crippen LogP contribution in [0.15, 0.2) is 0 Å². The average Bonchev–Trinajstić information content (AvgIpc) is 2.85. The highest BCUT2D eigenvalue weighted by Gasteiger charge is 2.49. The van der Waals surface area contributed by atoms with Gasteiger partial charge in [0, 0.05) is 13.1 Å². The lowest BCUT2D eigenvalue weighted by molar-refractivity contribution is -0.131. The fourth-order valence-corrected chi connectivity index (χ4v) is 5.53. The summed E-state index contributed by atoms with van der Waals surface area (Å²) < 4.78 is 0. The Labute approximate surface area is 159 Å². The number of hydrogen-bond acceptors (Lipinski definition) is 3. The summed E-state index contributed by atoms with van der Waals surface area (Å²) in [6.07, 6.45) is 14.6. The van der Waals surface area contributed by atoms with Crippen LogP contribution in [0.3, 0.4) is 0 Å². The van der Waals surface area contributed by atoms with Crippen molar-refractivity contribution in [2.45, 2.75) is 88.6 Å². The Morgan fingerprint density at radius 2 is 1.81 bits per heavy atom. The molecule has 3 rings (SSSR count). The Morgan fingerprint density at radius 3 is 2.42 bits per heavy atom. The number of amides is 1. The maximum Gasteiger partial charge on any atom is 0.254 e. The van der Waals surface area contributed by atoms with E-state index >= 15 is 0 Å². The van der Waals surface area contributed by atoms with Crippen LogP contribution in [-0.2, 0) is 4.79 Å². The van der Waals surface area contributed by atoms with Gasteiger partial charge in [-0.1, -0.05) is 44.9 Å². The quantitative estimate of drug-likeness (QED) is 0.759. The molecule has 1 heterocycles. The third-order valence-electron chi connectivity index (χ3n) is 7.23. The first-order valence-electron chi connectivity index (χ1n) is 10.7. The molecule has 5 nitrogen and oxygen atoms in total. The minimum Gasteiger partial charge on any atom is -0.342 e. The lowest BCUT2D eigenvalue weighted by atomic mass is 9.74. The van der Waals surface area contributed by atoms with Gasteiger partial charge < -0.3 is 10.2 Å². The highest BCUT2D eigenvalue weighted by Crippen LogP contribution is 2.38. The fraction of sp³-hybridized carbons (Fsp3) is 0.905. The molecule has 5 heteroatoms. The van der Waals surface area contributed by atoms with E-state index in [-0.39, 0.29) is 5.91 Å². The van der Waals surface area contributed by atoms with Gasteiger partial charge >= 0.3 is 0 Å². The number of hydrogen-bond donors (Lipinski definition) is 2. The molecule has 2 saturated carbocycles. The second-order valence-electron chi connectivity index (χ2n) is 9.32. The number of rotatable bonds is 6. The molecule has 26 heavy (non-hydrogen) atoms. The lowest BCUT2D eigenvalue weighted by Gasteiger charge is -2.38. The second kappa shape index (κ2) is 8.28. The van der Waals surface area contributed by atoms with E-state index in [0.29, 0.717) is 17.9 Å². The van der Waals surface area contributed by atoms with Crippen LogP contribution in [0.5, 0.6) is 0 Å². The Bertz CT molecular complexity index is 514. The molecule has 0 unspecified atom stereocenters. The third-order valence-corrected chi connectivity index (χ3v) is 7.23. The molecule has 0 aromatic rings. The van der Waals surface area contributed by atoms with Crippen LogP contribution in [0.1, 0.15) is 77.0 Å². The summed E-state index contributed by atoms with van der Waals surface area (Å²) in [6, 6.07) is 0.637. The van der Waals surface area contributed by atoms with Crippen LogP contribution >= 0.6 is 0 Å². The van der Waals surface area contributed by atoms with E-state index < -0.39 is 5.54 Å². The highest BCUT2D eigenvalue weighted by molar-refractivity contribution is 6.07. The van der Waals surface area contributed by atoms with Crippen molar-refractivity contribution in [1.29, 1.82) is 5.41 Å². The number of likely N-dealkylation sites (N-methyl/N-ethyl adjacent to an activating group) is 1. The first-order valence-corrected chi connectivity index (χ1v) is 10.7. The molecule has 0 bridgehead atoms. The standard InChI is InChI=1S/C21H38N4O/c1-24(2)18-11-7-10-17(14-18)15-21(19(26)25(3)20(22)23-21)13-12-16-8-5-4-6-9-16/h16-18H,4-15H2,1-3H3,(H2,22,23)/t17-,18+,21+/m0/s1. The SMILES string of the molecule is CN1C(=N)N[C@](CCC2CCCCC2)(C[C@H]2CCC[C@@H](N(C)C)C2)C1=O. The number of guanidine groups is 1. The van der Waals surface area contributed by atoms with Gasteiger partial charge in [-0.25, -0.2) is 0 Å². The van der Waals surface area contributed by atoms with E-state index in [9.17, 15) is 4.79 Å². The third kappa shape index (κ3) is 4.24. The first-order chi connectivity index (χ1) is 12.4. The van der Waals surface area contributed by atoms with Crippen LogP contribution in [0.25, 0.3) is 0 Å². The fourth-order valence-electron chi connectivity index (χ4n) is 5.53. The van der Waals surface area contributed by atoms with Crippen molar-refractivity contribution in [1.82, 2.24) is 15.1 Å². The molecular formula is C21H38N4O. The molecule has 0 aromatic heterocycles. The number of nitrogens with one attached hydrogen (secondary N) is 2. The Kier molecular flexibility index (Phi) is 6.26. The van der Waals surface area contributed by atoms with Crippen LogP contribution in [0, 0.1) is 17.2 Å². The van der Waals surface area contributed by atoms with Crippen molar-refractivity contribution in [2.24, 2.45) is 11.8 Å². The van der Waals surface area contributed by atoms with Gasteiger partial charge in [-0.2, -0.15) is 0 Å². The molecular weight excluding hydrogens is 324 g/mol. The van der Waals surface area contributed by atoms with Gasteiger partial charge in [0.05, 0.1) is 0 Å². The van der Waals surface area contributed by atoms with Gasteiger partial charge in [-0.3, -0.25) is 15.1 Å². The Balaban J connectivity index is 1.69. The van der Waals surface area contributed by atoms with Gasteiger partial charge in [0.1, 0.15) is 5.54 Å². The molecule has 2 aliphatic carbocycles. The summed E-state index contributed by atoms with van der Waals surface area (Å²) in [5, 5.41) is 11.5. The number of carbonyl (C=O) groups excluding carboxylic acids is 1. The van der Waals surface area contributed by atoms with Crippen LogP contribution in [0.2, 0.25) is 0 Å². The number of nitrogens with zero attached hydrogens (tertiary/aromatic N) is 2. The summed E-state index contributed by atoms with van der Waals surface area (Å²) in [5.74, 6) is 1.78. The zero-order chi connectivity index (χ0) is 18.7.